The summed E-state index contributed by atoms with van der Waals surface area (Å²) in [5.41, 5.74) is 0. The molecular formula is C66H117O11P. The van der Waals surface area contributed by atoms with Crippen molar-refractivity contribution in [3.8, 4) is 0 Å². The Morgan fingerprint density at radius 1 is 0.385 bits per heavy atom. The molecule has 0 rings (SSSR count). The van der Waals surface area contributed by atoms with Crippen LogP contribution < -0.4 is 0 Å². The molecule has 3 atom stereocenters. The van der Waals surface area contributed by atoms with Crippen molar-refractivity contribution < 1.29 is 52.2 Å². The average Bonchev–Trinajstić information content (AvgIpc) is 3.43. The van der Waals surface area contributed by atoms with Crippen molar-refractivity contribution in [2.75, 3.05) is 26.4 Å². The molecule has 0 amide bonds. The molecule has 2 N–H and O–H groups in total. The average molecular weight is 1120 g/mol. The number of rotatable bonds is 59. The standard InChI is InChI=1S/C66H117O11P/c1-4-7-10-13-16-19-22-25-28-30-31-33-35-37-40-43-46-49-52-55-64(68)73-59-63(77-66(70)57-54-51-48-45-42-39-36-32-29-26-23-20-17-14-11-8-5-2)61-75-78(71,72)74-60-62(58-67)76-65(69)56-53-50-47-44-41-38-34-27-24-21-18-15-12-9-6-3/h9,12,18,21,26-27,29,34,41,44,50,53,62-63,67H,4-8,10-11,13-17,19-20,22-25,28,30-33,35-40,42-43,45-49,51-52,54-61H2,1-3H3,(H,71,72)/b12-9-,21-18-,29-26-,34-27-,44-41-,53-50-. The van der Waals surface area contributed by atoms with E-state index >= 15 is 0 Å². The van der Waals surface area contributed by atoms with E-state index in [9.17, 15) is 28.9 Å². The maximum absolute atomic E-state index is 12.9. The number of phosphoric ester groups is 1. The first kappa shape index (κ1) is 74.9. The van der Waals surface area contributed by atoms with Crippen molar-refractivity contribution in [1.29, 1.82) is 0 Å². The number of phosphoric acid groups is 1. The fraction of sp³-hybridized carbons (Fsp3) is 0.773. The predicted octanol–water partition coefficient (Wildman–Crippen LogP) is 19.3. The Morgan fingerprint density at radius 3 is 1.12 bits per heavy atom. The van der Waals surface area contributed by atoms with Gasteiger partial charge in [0.05, 0.1) is 26.2 Å². The van der Waals surface area contributed by atoms with E-state index in [4.69, 9.17) is 23.3 Å². The summed E-state index contributed by atoms with van der Waals surface area (Å²) < 4.78 is 39.5. The molecule has 78 heavy (non-hydrogen) atoms. The Morgan fingerprint density at radius 2 is 0.718 bits per heavy atom. The van der Waals surface area contributed by atoms with Gasteiger partial charge in [-0.1, -0.05) is 273 Å². The van der Waals surface area contributed by atoms with Crippen LogP contribution in [0, 0.1) is 0 Å². The number of unbranched alkanes of at least 4 members (excludes halogenated alkanes) is 31. The quantitative estimate of drug-likeness (QED) is 0.0197. The van der Waals surface area contributed by atoms with E-state index in [0.717, 1.165) is 77.0 Å². The third-order valence-corrected chi connectivity index (χ3v) is 14.6. The van der Waals surface area contributed by atoms with Crippen LogP contribution in [0.2, 0.25) is 0 Å². The summed E-state index contributed by atoms with van der Waals surface area (Å²) in [4.78, 5) is 48.6. The molecule has 0 saturated heterocycles. The lowest BCUT2D eigenvalue weighted by atomic mass is 10.0. The third kappa shape index (κ3) is 57.6. The molecule has 0 heterocycles. The van der Waals surface area contributed by atoms with Crippen LogP contribution in [0.15, 0.2) is 72.9 Å². The molecule has 0 radical (unpaired) electrons. The first-order valence-electron chi connectivity index (χ1n) is 31.8. The minimum Gasteiger partial charge on any atom is -0.462 e. The zero-order chi connectivity index (χ0) is 56.9. The maximum Gasteiger partial charge on any atom is 0.472 e. The molecule has 12 heteroatoms. The highest BCUT2D eigenvalue weighted by Gasteiger charge is 2.28. The van der Waals surface area contributed by atoms with Gasteiger partial charge in [0.1, 0.15) is 12.7 Å². The molecule has 0 aromatic carbocycles. The van der Waals surface area contributed by atoms with Crippen molar-refractivity contribution in [1.82, 2.24) is 0 Å². The lowest BCUT2D eigenvalue weighted by Crippen LogP contribution is -2.30. The smallest absolute Gasteiger partial charge is 0.462 e. The van der Waals surface area contributed by atoms with Crippen LogP contribution in [0.3, 0.4) is 0 Å². The Balaban J connectivity index is 4.75. The fourth-order valence-electron chi connectivity index (χ4n) is 8.84. The van der Waals surface area contributed by atoms with Crippen LogP contribution in [0.1, 0.15) is 290 Å². The molecule has 0 aliphatic carbocycles. The monoisotopic (exact) mass is 1120 g/mol. The Hall–Kier alpha value is -3.08. The van der Waals surface area contributed by atoms with Crippen molar-refractivity contribution >= 4 is 25.7 Å². The molecule has 0 saturated carbocycles. The van der Waals surface area contributed by atoms with E-state index in [1.165, 1.54) is 154 Å². The molecule has 0 aliphatic rings. The highest BCUT2D eigenvalue weighted by Crippen LogP contribution is 2.43. The zero-order valence-corrected chi connectivity index (χ0v) is 51.0. The first-order valence-corrected chi connectivity index (χ1v) is 33.3. The molecule has 0 aliphatic heterocycles. The van der Waals surface area contributed by atoms with Crippen LogP contribution >= 0.6 is 7.82 Å². The lowest BCUT2D eigenvalue weighted by Gasteiger charge is -2.21. The van der Waals surface area contributed by atoms with Crippen molar-refractivity contribution in [2.24, 2.45) is 0 Å². The summed E-state index contributed by atoms with van der Waals surface area (Å²) in [6, 6.07) is 0. The molecule has 452 valence electrons. The number of aliphatic hydroxyl groups is 1. The molecule has 0 bridgehead atoms. The summed E-state index contributed by atoms with van der Waals surface area (Å²) in [7, 11) is -4.78. The van der Waals surface area contributed by atoms with E-state index < -0.39 is 57.8 Å². The van der Waals surface area contributed by atoms with Gasteiger partial charge in [-0.05, 0) is 70.6 Å². The van der Waals surface area contributed by atoms with E-state index in [0.29, 0.717) is 19.3 Å². The summed E-state index contributed by atoms with van der Waals surface area (Å²) in [6.07, 6.45) is 68.9. The summed E-state index contributed by atoms with van der Waals surface area (Å²) in [5.74, 6) is -1.59. The highest BCUT2D eigenvalue weighted by atomic mass is 31.2. The number of esters is 3. The number of carbonyl (C=O) groups is 3. The largest absolute Gasteiger partial charge is 0.472 e. The van der Waals surface area contributed by atoms with E-state index in [1.807, 2.05) is 18.2 Å². The van der Waals surface area contributed by atoms with Crippen molar-refractivity contribution in [3.05, 3.63) is 72.9 Å². The summed E-state index contributed by atoms with van der Waals surface area (Å²) in [5, 5.41) is 9.81. The molecule has 0 spiro atoms. The second-order valence-electron chi connectivity index (χ2n) is 21.2. The number of hydrogen-bond acceptors (Lipinski definition) is 10. The first-order chi connectivity index (χ1) is 38.2. The normalized spacial score (nSPS) is 13.8. The van der Waals surface area contributed by atoms with Crippen LogP contribution in [0.4, 0.5) is 0 Å². The number of hydrogen-bond donors (Lipinski definition) is 2. The number of carbonyl (C=O) groups excluding carboxylic acids is 3. The minimum atomic E-state index is -4.78. The Bertz CT molecular complexity index is 1590. The van der Waals surface area contributed by atoms with Gasteiger partial charge in [0, 0.05) is 12.8 Å². The number of ether oxygens (including phenoxy) is 3. The van der Waals surface area contributed by atoms with Crippen LogP contribution in [-0.2, 0) is 42.2 Å². The van der Waals surface area contributed by atoms with Crippen molar-refractivity contribution in [2.45, 2.75) is 303 Å². The van der Waals surface area contributed by atoms with Gasteiger partial charge in [-0.3, -0.25) is 23.4 Å². The summed E-state index contributed by atoms with van der Waals surface area (Å²) in [6.45, 7) is 4.46. The lowest BCUT2D eigenvalue weighted by molar-refractivity contribution is -0.161. The molecule has 0 aromatic heterocycles. The maximum atomic E-state index is 12.9. The van der Waals surface area contributed by atoms with E-state index in [1.54, 1.807) is 6.08 Å². The SMILES string of the molecule is CC/C=C\C/C=C\C/C=C\C/C=C\C/C=C\CC(=O)OC(CO)COP(=O)(O)OCC(COC(=O)CCCCCCCCCCCCCCCCCCCCC)OC(=O)CCCCCCCCC/C=C\CCCCCCCC. The Kier molecular flexibility index (Phi) is 57.7. The molecule has 0 aromatic rings. The number of aliphatic hydroxyl groups excluding tert-OH is 1. The fourth-order valence-corrected chi connectivity index (χ4v) is 9.62. The molecule has 0 fully saturated rings. The van der Waals surface area contributed by atoms with Crippen LogP contribution in [-0.4, -0.2) is 66.5 Å². The van der Waals surface area contributed by atoms with Gasteiger partial charge in [-0.2, -0.15) is 0 Å². The van der Waals surface area contributed by atoms with E-state index in [-0.39, 0.29) is 25.9 Å². The van der Waals surface area contributed by atoms with Gasteiger partial charge in [-0.25, -0.2) is 4.57 Å². The van der Waals surface area contributed by atoms with Gasteiger partial charge < -0.3 is 24.2 Å². The second-order valence-corrected chi connectivity index (χ2v) is 22.7. The summed E-state index contributed by atoms with van der Waals surface area (Å²) >= 11 is 0. The van der Waals surface area contributed by atoms with Gasteiger partial charge in [0.25, 0.3) is 0 Å². The second kappa shape index (κ2) is 60.0. The van der Waals surface area contributed by atoms with Gasteiger partial charge in [0.2, 0.25) is 0 Å². The zero-order valence-electron chi connectivity index (χ0n) is 50.1. The molecule has 3 unspecified atom stereocenters. The topological polar surface area (TPSA) is 155 Å². The van der Waals surface area contributed by atoms with Gasteiger partial charge in [0.15, 0.2) is 6.10 Å². The number of allylic oxidation sites excluding steroid dienone is 11. The van der Waals surface area contributed by atoms with Crippen LogP contribution in [0.5, 0.6) is 0 Å². The van der Waals surface area contributed by atoms with Crippen molar-refractivity contribution in [3.63, 3.8) is 0 Å². The highest BCUT2D eigenvalue weighted by molar-refractivity contribution is 7.47. The molecule has 11 nitrogen and oxygen atoms in total. The van der Waals surface area contributed by atoms with E-state index in [2.05, 4.69) is 69.4 Å². The van der Waals surface area contributed by atoms with Crippen LogP contribution in [0.25, 0.3) is 0 Å². The Labute approximate surface area is 478 Å². The van der Waals surface area contributed by atoms with Gasteiger partial charge in [-0.15, -0.1) is 0 Å². The van der Waals surface area contributed by atoms with Gasteiger partial charge >= 0.3 is 25.7 Å². The molecular weight excluding hydrogens is 1000 g/mol. The predicted molar refractivity (Wildman–Crippen MR) is 325 cm³/mol. The minimum absolute atomic E-state index is 0.0554. The third-order valence-electron chi connectivity index (χ3n) is 13.6.